The number of para-hydroxylation sites is 1. The number of carbonyl (C=O) groups excluding carboxylic acids is 1. The summed E-state index contributed by atoms with van der Waals surface area (Å²) in [7, 11) is 0. The highest BCUT2D eigenvalue weighted by atomic mass is 35.5. The summed E-state index contributed by atoms with van der Waals surface area (Å²) in [4.78, 5) is 27.4. The third kappa shape index (κ3) is 3.90. The molecule has 4 aromatic rings. The van der Waals surface area contributed by atoms with Gasteiger partial charge in [0.2, 0.25) is 5.43 Å². The first-order valence-corrected chi connectivity index (χ1v) is 10.4. The van der Waals surface area contributed by atoms with E-state index in [0.717, 1.165) is 11.3 Å². The number of carbonyl (C=O) groups is 1. The number of amides is 1. The molecule has 2 heterocycles. The summed E-state index contributed by atoms with van der Waals surface area (Å²) < 4.78 is 5.41. The molecule has 0 bridgehead atoms. The largest absolute Gasteiger partial charge is 0.508 e. The van der Waals surface area contributed by atoms with Crippen LogP contribution in [0.1, 0.15) is 16.7 Å². The number of anilines is 1. The maximum absolute atomic E-state index is 13.1. The Balaban J connectivity index is 1.46. The van der Waals surface area contributed by atoms with Gasteiger partial charge in [-0.15, -0.1) is 5.10 Å². The summed E-state index contributed by atoms with van der Waals surface area (Å²) in [6.45, 7) is 0.358. The Hall–Kier alpha value is -4.23. The SMILES string of the molecule is O=C1/C(=N\N=C\c2coc3cc(O)ccc3c2=O)c2ccccc2N1Cc1ccc(Cl)cc1. The van der Waals surface area contributed by atoms with Crippen molar-refractivity contribution in [2.24, 2.45) is 10.2 Å². The molecule has 0 radical (unpaired) electrons. The van der Waals surface area contributed by atoms with Crippen LogP contribution in [0.2, 0.25) is 5.02 Å². The number of aromatic hydroxyl groups is 1. The monoisotopic (exact) mass is 457 g/mol. The maximum Gasteiger partial charge on any atom is 0.279 e. The molecule has 0 unspecified atom stereocenters. The number of hydrogen-bond donors (Lipinski definition) is 1. The van der Waals surface area contributed by atoms with Gasteiger partial charge in [-0.3, -0.25) is 9.59 Å². The smallest absolute Gasteiger partial charge is 0.279 e. The lowest BCUT2D eigenvalue weighted by atomic mass is 10.1. The van der Waals surface area contributed by atoms with Crippen molar-refractivity contribution in [3.63, 3.8) is 0 Å². The lowest BCUT2D eigenvalue weighted by Crippen LogP contribution is -2.29. The van der Waals surface area contributed by atoms with Crippen LogP contribution in [0.4, 0.5) is 5.69 Å². The van der Waals surface area contributed by atoms with Gasteiger partial charge in [0.15, 0.2) is 5.71 Å². The molecule has 3 aromatic carbocycles. The summed E-state index contributed by atoms with van der Waals surface area (Å²) in [5.74, 6) is -0.288. The number of phenols is 1. The van der Waals surface area contributed by atoms with Gasteiger partial charge >= 0.3 is 0 Å². The molecule has 0 aliphatic carbocycles. The van der Waals surface area contributed by atoms with Gasteiger partial charge in [0.05, 0.1) is 29.4 Å². The van der Waals surface area contributed by atoms with E-state index < -0.39 is 0 Å². The van der Waals surface area contributed by atoms with Gasteiger partial charge in [0, 0.05) is 16.7 Å². The lowest BCUT2D eigenvalue weighted by molar-refractivity contribution is -0.112. The van der Waals surface area contributed by atoms with Crippen LogP contribution in [0.25, 0.3) is 11.0 Å². The van der Waals surface area contributed by atoms with E-state index in [1.165, 1.54) is 30.7 Å². The van der Waals surface area contributed by atoms with Crippen molar-refractivity contribution >= 4 is 46.1 Å². The number of nitrogens with zero attached hydrogens (tertiary/aromatic N) is 3. The first-order chi connectivity index (χ1) is 16.0. The Morgan fingerprint density at radius 3 is 2.64 bits per heavy atom. The molecule has 8 heteroatoms. The second-order valence-corrected chi connectivity index (χ2v) is 7.87. The topological polar surface area (TPSA) is 95.5 Å². The molecule has 0 atom stereocenters. The number of benzene rings is 3. The molecule has 0 saturated carbocycles. The molecular formula is C25H16ClN3O4. The lowest BCUT2D eigenvalue weighted by Gasteiger charge is -2.16. The average molecular weight is 458 g/mol. The van der Waals surface area contributed by atoms with Crippen molar-refractivity contribution in [3.8, 4) is 5.75 Å². The van der Waals surface area contributed by atoms with Crippen molar-refractivity contribution in [2.45, 2.75) is 6.54 Å². The van der Waals surface area contributed by atoms with Crippen molar-refractivity contribution in [3.05, 3.63) is 105 Å². The Kier molecular flexibility index (Phi) is 5.24. The molecule has 0 saturated heterocycles. The molecule has 33 heavy (non-hydrogen) atoms. The standard InChI is InChI=1S/C25H16ClN3O4/c26-17-7-5-15(6-8-17)13-29-21-4-2-1-3-19(21)23(25(29)32)28-27-12-16-14-33-22-11-18(30)9-10-20(22)24(16)31/h1-12,14,30H,13H2/b27-12+,28-23-. The van der Waals surface area contributed by atoms with Gasteiger partial charge in [-0.1, -0.05) is 41.9 Å². The van der Waals surface area contributed by atoms with Gasteiger partial charge in [-0.25, -0.2) is 0 Å². The minimum atomic E-state index is -0.317. The predicted molar refractivity (Wildman–Crippen MR) is 127 cm³/mol. The van der Waals surface area contributed by atoms with Gasteiger partial charge in [-0.2, -0.15) is 5.10 Å². The van der Waals surface area contributed by atoms with E-state index >= 15 is 0 Å². The Labute approximate surface area is 192 Å². The van der Waals surface area contributed by atoms with Gasteiger partial charge in [0.25, 0.3) is 5.91 Å². The molecule has 1 aromatic heterocycles. The zero-order chi connectivity index (χ0) is 22.9. The van der Waals surface area contributed by atoms with Crippen LogP contribution >= 0.6 is 11.6 Å². The first-order valence-electron chi connectivity index (χ1n) is 10.0. The second kappa shape index (κ2) is 8.37. The average Bonchev–Trinajstić information content (AvgIpc) is 3.08. The van der Waals surface area contributed by atoms with Crippen LogP contribution in [0.5, 0.6) is 5.75 Å². The van der Waals surface area contributed by atoms with Crippen LogP contribution in [0.3, 0.4) is 0 Å². The molecule has 5 rings (SSSR count). The van der Waals surface area contributed by atoms with Gasteiger partial charge in [-0.05, 0) is 35.9 Å². The van der Waals surface area contributed by atoms with E-state index in [9.17, 15) is 14.7 Å². The van der Waals surface area contributed by atoms with E-state index in [2.05, 4.69) is 10.2 Å². The summed E-state index contributed by atoms with van der Waals surface area (Å²) in [5, 5.41) is 18.6. The molecular weight excluding hydrogens is 442 g/mol. The molecule has 0 fully saturated rings. The summed E-state index contributed by atoms with van der Waals surface area (Å²) in [5.41, 5.74) is 2.63. The van der Waals surface area contributed by atoms with Crippen LogP contribution < -0.4 is 10.3 Å². The number of halogens is 1. The molecule has 0 spiro atoms. The van der Waals surface area contributed by atoms with E-state index in [1.807, 2.05) is 30.3 Å². The van der Waals surface area contributed by atoms with Crippen LogP contribution in [0.15, 0.2) is 92.4 Å². The first kappa shape index (κ1) is 20.7. The summed E-state index contributed by atoms with van der Waals surface area (Å²) in [6, 6.07) is 18.9. The normalized spacial score (nSPS) is 14.5. The van der Waals surface area contributed by atoms with E-state index in [4.69, 9.17) is 16.0 Å². The van der Waals surface area contributed by atoms with Crippen molar-refractivity contribution in [1.29, 1.82) is 0 Å². The van der Waals surface area contributed by atoms with Crippen LogP contribution in [-0.2, 0) is 11.3 Å². The van der Waals surface area contributed by atoms with Gasteiger partial charge in [0.1, 0.15) is 17.6 Å². The van der Waals surface area contributed by atoms with Crippen LogP contribution in [0, 0.1) is 0 Å². The summed E-state index contributed by atoms with van der Waals surface area (Å²) in [6.07, 6.45) is 2.49. The molecule has 1 amide bonds. The van der Waals surface area contributed by atoms with Crippen molar-refractivity contribution < 1.29 is 14.3 Å². The fourth-order valence-electron chi connectivity index (χ4n) is 3.66. The zero-order valence-electron chi connectivity index (χ0n) is 17.1. The minimum absolute atomic E-state index is 0.0000302. The van der Waals surface area contributed by atoms with E-state index in [-0.39, 0.29) is 33.9 Å². The van der Waals surface area contributed by atoms with Gasteiger partial charge < -0.3 is 14.4 Å². The number of fused-ring (bicyclic) bond motifs is 2. The second-order valence-electron chi connectivity index (χ2n) is 7.43. The zero-order valence-corrected chi connectivity index (χ0v) is 17.9. The number of rotatable bonds is 4. The third-order valence-electron chi connectivity index (χ3n) is 5.29. The highest BCUT2D eigenvalue weighted by Crippen LogP contribution is 2.31. The molecule has 1 aliphatic heterocycles. The number of phenolic OH excluding ortho intramolecular Hbond substituents is 1. The summed E-state index contributed by atoms with van der Waals surface area (Å²) >= 11 is 5.96. The van der Waals surface area contributed by atoms with Crippen molar-refractivity contribution in [1.82, 2.24) is 0 Å². The quantitative estimate of drug-likeness (QED) is 0.360. The third-order valence-corrected chi connectivity index (χ3v) is 5.54. The highest BCUT2D eigenvalue weighted by Gasteiger charge is 2.33. The van der Waals surface area contributed by atoms with Crippen LogP contribution in [-0.4, -0.2) is 22.9 Å². The Morgan fingerprint density at radius 1 is 1.03 bits per heavy atom. The van der Waals surface area contributed by atoms with Crippen molar-refractivity contribution in [2.75, 3.05) is 4.90 Å². The molecule has 1 aliphatic rings. The molecule has 162 valence electrons. The molecule has 7 nitrogen and oxygen atoms in total. The minimum Gasteiger partial charge on any atom is -0.508 e. The van der Waals surface area contributed by atoms with E-state index in [0.29, 0.717) is 22.5 Å². The predicted octanol–water partition coefficient (Wildman–Crippen LogP) is 4.52. The highest BCUT2D eigenvalue weighted by molar-refractivity contribution is 6.54. The Bertz CT molecular complexity index is 1510. The molecule has 1 N–H and O–H groups in total. The Morgan fingerprint density at radius 2 is 1.82 bits per heavy atom. The van der Waals surface area contributed by atoms with E-state index in [1.54, 1.807) is 23.1 Å². The fourth-order valence-corrected chi connectivity index (χ4v) is 3.78. The fraction of sp³-hybridized carbons (Fsp3) is 0.0400. The number of hydrogen-bond acceptors (Lipinski definition) is 6. The maximum atomic E-state index is 13.1.